The minimum atomic E-state index is 0.508. The molecule has 1 saturated heterocycles. The average Bonchev–Trinajstić information content (AvgIpc) is 3.24. The van der Waals surface area contributed by atoms with Gasteiger partial charge in [-0.3, -0.25) is 15.0 Å². The number of benzene rings is 1. The fourth-order valence-corrected chi connectivity index (χ4v) is 4.72. The molecule has 6 nitrogen and oxygen atoms in total. The van der Waals surface area contributed by atoms with Crippen molar-refractivity contribution >= 4 is 10.9 Å². The number of nitrogens with zero attached hydrogens (tertiary/aromatic N) is 5. The fourth-order valence-electron chi connectivity index (χ4n) is 4.72. The number of pyridine rings is 1. The zero-order chi connectivity index (χ0) is 21.4. The lowest BCUT2D eigenvalue weighted by Crippen LogP contribution is -2.33. The number of para-hydroxylation sites is 1. The number of H-pyrrole nitrogens is 1. The molecule has 31 heavy (non-hydrogen) atoms. The number of aryl methyl sites for hydroxylation is 3. The second kappa shape index (κ2) is 8.19. The van der Waals surface area contributed by atoms with E-state index >= 15 is 0 Å². The molecule has 1 aliphatic heterocycles. The van der Waals surface area contributed by atoms with E-state index in [-0.39, 0.29) is 0 Å². The number of aromatic nitrogens is 5. The van der Waals surface area contributed by atoms with Crippen LogP contribution < -0.4 is 0 Å². The summed E-state index contributed by atoms with van der Waals surface area (Å²) in [5, 5.41) is 9.05. The van der Waals surface area contributed by atoms with Gasteiger partial charge in [0.05, 0.1) is 17.8 Å². The Hall–Kier alpha value is -3.12. The van der Waals surface area contributed by atoms with Crippen LogP contribution in [-0.4, -0.2) is 43.1 Å². The van der Waals surface area contributed by atoms with E-state index in [1.807, 2.05) is 31.3 Å². The third kappa shape index (κ3) is 3.95. The minimum Gasteiger partial charge on any atom is -0.296 e. The highest BCUT2D eigenvalue weighted by Crippen LogP contribution is 2.31. The number of piperidine rings is 1. The normalized spacial score (nSPS) is 15.6. The highest BCUT2D eigenvalue weighted by atomic mass is 15.2. The monoisotopic (exact) mass is 412 g/mol. The molecule has 4 heterocycles. The lowest BCUT2D eigenvalue weighted by molar-refractivity contribution is 0.199. The maximum absolute atomic E-state index is 4.79. The van der Waals surface area contributed by atoms with Crippen LogP contribution in [0.1, 0.15) is 47.2 Å². The second-order valence-electron chi connectivity index (χ2n) is 8.59. The van der Waals surface area contributed by atoms with Gasteiger partial charge in [-0.15, -0.1) is 0 Å². The van der Waals surface area contributed by atoms with Gasteiger partial charge in [0.1, 0.15) is 5.82 Å². The van der Waals surface area contributed by atoms with Gasteiger partial charge in [-0.2, -0.15) is 5.10 Å². The molecule has 3 aromatic heterocycles. The minimum absolute atomic E-state index is 0.508. The van der Waals surface area contributed by atoms with Gasteiger partial charge in [-0.1, -0.05) is 18.2 Å². The Labute approximate surface area is 182 Å². The first-order valence-electron chi connectivity index (χ1n) is 11.0. The van der Waals surface area contributed by atoms with Crippen LogP contribution in [0.25, 0.3) is 22.2 Å². The maximum atomic E-state index is 4.79. The van der Waals surface area contributed by atoms with Gasteiger partial charge in [0, 0.05) is 40.1 Å². The van der Waals surface area contributed by atoms with E-state index in [0.717, 1.165) is 71.8 Å². The summed E-state index contributed by atoms with van der Waals surface area (Å²) < 4.78 is 0. The molecule has 1 aromatic carbocycles. The molecule has 158 valence electrons. The Balaban J connectivity index is 1.26. The Kier molecular flexibility index (Phi) is 5.24. The van der Waals surface area contributed by atoms with Gasteiger partial charge in [0.25, 0.3) is 0 Å². The first-order chi connectivity index (χ1) is 15.1. The van der Waals surface area contributed by atoms with Crippen LogP contribution in [0.3, 0.4) is 0 Å². The van der Waals surface area contributed by atoms with Crippen LogP contribution in [0, 0.1) is 20.8 Å². The highest BCUT2D eigenvalue weighted by molar-refractivity contribution is 5.80. The van der Waals surface area contributed by atoms with Gasteiger partial charge >= 0.3 is 0 Å². The number of hydrogen-bond donors (Lipinski definition) is 1. The molecule has 0 radical (unpaired) electrons. The summed E-state index contributed by atoms with van der Waals surface area (Å²) in [5.74, 6) is 1.43. The van der Waals surface area contributed by atoms with Crippen LogP contribution in [-0.2, 0) is 6.54 Å². The van der Waals surface area contributed by atoms with E-state index < -0.39 is 0 Å². The zero-order valence-corrected chi connectivity index (χ0v) is 18.4. The second-order valence-corrected chi connectivity index (χ2v) is 8.59. The first kappa shape index (κ1) is 19.8. The standard InChI is InChI=1S/C25H28N6/c1-16-8-11-26-18(3)25(16)23-14-22(29-30-23)19-9-12-31(13-10-19)15-24-27-17(2)20-6-4-5-7-21(20)28-24/h4-8,11,14,19H,9-10,12-13,15H2,1-3H3,(H,29,30). The van der Waals surface area contributed by atoms with E-state index in [4.69, 9.17) is 9.97 Å². The lowest BCUT2D eigenvalue weighted by Gasteiger charge is -2.30. The maximum Gasteiger partial charge on any atom is 0.143 e. The Morgan fingerprint density at radius 1 is 1.00 bits per heavy atom. The van der Waals surface area contributed by atoms with Gasteiger partial charge in [0.15, 0.2) is 0 Å². The van der Waals surface area contributed by atoms with Gasteiger partial charge in [0.2, 0.25) is 0 Å². The molecule has 0 saturated carbocycles. The summed E-state index contributed by atoms with van der Waals surface area (Å²) in [6.45, 7) is 9.12. The van der Waals surface area contributed by atoms with Crippen LogP contribution in [0.4, 0.5) is 0 Å². The summed E-state index contributed by atoms with van der Waals surface area (Å²) >= 11 is 0. The van der Waals surface area contributed by atoms with Crippen molar-refractivity contribution in [3.05, 3.63) is 71.1 Å². The van der Waals surface area contributed by atoms with Crippen molar-refractivity contribution in [1.29, 1.82) is 0 Å². The molecular formula is C25H28N6. The predicted molar refractivity (Wildman–Crippen MR) is 123 cm³/mol. The van der Waals surface area contributed by atoms with Crippen molar-refractivity contribution in [2.75, 3.05) is 13.1 Å². The molecule has 0 aliphatic carbocycles. The third-order valence-electron chi connectivity index (χ3n) is 6.44. The SMILES string of the molecule is Cc1ccnc(C)c1-c1cc(C2CCN(Cc3nc(C)c4ccccc4n3)CC2)[nH]n1. The first-order valence-corrected chi connectivity index (χ1v) is 11.0. The quantitative estimate of drug-likeness (QED) is 0.525. The summed E-state index contributed by atoms with van der Waals surface area (Å²) in [6, 6.07) is 12.5. The van der Waals surface area contributed by atoms with Crippen molar-refractivity contribution in [3.8, 4) is 11.3 Å². The lowest BCUT2D eigenvalue weighted by atomic mass is 9.93. The smallest absolute Gasteiger partial charge is 0.143 e. The van der Waals surface area contributed by atoms with Crippen LogP contribution in [0.2, 0.25) is 0 Å². The van der Waals surface area contributed by atoms with Crippen molar-refractivity contribution in [3.63, 3.8) is 0 Å². The Bertz CT molecular complexity index is 1200. The van der Waals surface area contributed by atoms with Gasteiger partial charge < -0.3 is 0 Å². The van der Waals surface area contributed by atoms with Gasteiger partial charge in [-0.05, 0) is 70.5 Å². The van der Waals surface area contributed by atoms with E-state index in [2.05, 4.69) is 52.1 Å². The molecule has 4 aromatic rings. The summed E-state index contributed by atoms with van der Waals surface area (Å²) in [5.41, 5.74) is 7.71. The summed E-state index contributed by atoms with van der Waals surface area (Å²) in [4.78, 5) is 16.4. The van der Waals surface area contributed by atoms with Crippen LogP contribution in [0.5, 0.6) is 0 Å². The molecule has 0 spiro atoms. The number of nitrogens with one attached hydrogen (secondary N) is 1. The molecule has 1 fully saturated rings. The van der Waals surface area contributed by atoms with E-state index in [0.29, 0.717) is 5.92 Å². The van der Waals surface area contributed by atoms with E-state index in [1.165, 1.54) is 11.3 Å². The Morgan fingerprint density at radius 2 is 1.81 bits per heavy atom. The molecule has 1 aliphatic rings. The third-order valence-corrected chi connectivity index (χ3v) is 6.44. The molecule has 0 unspecified atom stereocenters. The largest absolute Gasteiger partial charge is 0.296 e. The molecule has 6 heteroatoms. The highest BCUT2D eigenvalue weighted by Gasteiger charge is 2.23. The molecule has 0 bridgehead atoms. The van der Waals surface area contributed by atoms with E-state index in [9.17, 15) is 0 Å². The van der Waals surface area contributed by atoms with Crippen molar-refractivity contribution < 1.29 is 0 Å². The number of fused-ring (bicyclic) bond motifs is 1. The van der Waals surface area contributed by atoms with Crippen LogP contribution >= 0.6 is 0 Å². The summed E-state index contributed by atoms with van der Waals surface area (Å²) in [7, 11) is 0. The van der Waals surface area contributed by atoms with Crippen molar-refractivity contribution in [2.45, 2.75) is 46.1 Å². The number of rotatable bonds is 4. The predicted octanol–water partition coefficient (Wildman–Crippen LogP) is 4.72. The molecule has 0 atom stereocenters. The molecular weight excluding hydrogens is 384 g/mol. The number of likely N-dealkylation sites (tertiary alicyclic amines) is 1. The van der Waals surface area contributed by atoms with Crippen LogP contribution in [0.15, 0.2) is 42.6 Å². The van der Waals surface area contributed by atoms with Gasteiger partial charge in [-0.25, -0.2) is 9.97 Å². The zero-order valence-electron chi connectivity index (χ0n) is 18.4. The van der Waals surface area contributed by atoms with Crippen molar-refractivity contribution in [1.82, 2.24) is 30.0 Å². The topological polar surface area (TPSA) is 70.6 Å². The number of hydrogen-bond acceptors (Lipinski definition) is 5. The fraction of sp³-hybridized carbons (Fsp3) is 0.360. The molecule has 5 rings (SSSR count). The summed E-state index contributed by atoms with van der Waals surface area (Å²) in [6.07, 6.45) is 4.08. The Morgan fingerprint density at radius 3 is 2.61 bits per heavy atom. The average molecular weight is 413 g/mol. The molecule has 0 amide bonds. The molecule has 1 N–H and O–H groups in total. The van der Waals surface area contributed by atoms with E-state index in [1.54, 1.807) is 0 Å². The van der Waals surface area contributed by atoms with Crippen molar-refractivity contribution in [2.24, 2.45) is 0 Å². The number of aromatic amines is 1.